The predicted octanol–water partition coefficient (Wildman–Crippen LogP) is 24.3. The second-order valence-electron chi connectivity index (χ2n) is 22.1. The number of nitrogens with one attached hydrogen (secondary N) is 1. The lowest BCUT2D eigenvalue weighted by Gasteiger charge is -2.31. The first-order valence-electron chi connectivity index (χ1n) is 31.9. The molecule has 0 aliphatic carbocycles. The van der Waals surface area contributed by atoms with Crippen LogP contribution in [-0.2, 0) is 34.8 Å². The highest BCUT2D eigenvalue weighted by Crippen LogP contribution is 2.72. The average Bonchev–Trinajstić information content (AvgIpc) is 3.46. The molecule has 1 amide bonds. The van der Waals surface area contributed by atoms with Gasteiger partial charge in [0.1, 0.15) is 39.1 Å². The summed E-state index contributed by atoms with van der Waals surface area (Å²) in [5, 5.41) is 2.90. The molecule has 0 bridgehead atoms. The molecule has 4 aromatic carbocycles. The molecule has 0 aliphatic rings. The molecule has 0 heterocycles. The maximum Gasteiger partial charge on any atom is 0.324 e. The Kier molecular flexibility index (Phi) is 42.4. The number of unbranched alkanes of at least 4 members (excludes halogenated alkanes) is 28. The maximum absolute atomic E-state index is 14.6. The summed E-state index contributed by atoms with van der Waals surface area (Å²) >= 11 is 20.9. The molecule has 12 heteroatoms. The number of hydrogen-bond donors (Lipinski definition) is 1. The van der Waals surface area contributed by atoms with E-state index in [1.165, 1.54) is 189 Å². The number of para-hydroxylation sites is 2. The van der Waals surface area contributed by atoms with Crippen LogP contribution in [0.1, 0.15) is 244 Å². The third kappa shape index (κ3) is 35.7. The van der Waals surface area contributed by atoms with Gasteiger partial charge in [-0.15, -0.1) is 11.4 Å². The number of amides is 1. The lowest BCUT2D eigenvalue weighted by molar-refractivity contribution is -0.121. The molecule has 446 valence electrons. The summed E-state index contributed by atoms with van der Waals surface area (Å²) in [6.45, 7) is 6.18. The first kappa shape index (κ1) is 71.0. The lowest BCUT2D eigenvalue weighted by Crippen LogP contribution is -2.45. The van der Waals surface area contributed by atoms with Crippen molar-refractivity contribution in [1.82, 2.24) is 5.32 Å². The molecule has 0 radical (unpaired) electrons. The van der Waals surface area contributed by atoms with Crippen molar-refractivity contribution in [3.63, 3.8) is 0 Å². The standard InChI is InChI=1S/C68H105NO3P2S6/c1-3-5-7-9-11-17-23-32-46-62-47-39-40-54-66(62)79-74(76,60-45-28-22-16-15-21-27-44-59-72-64-50-35-30-36-51-64)77-61-55-67(70)69-68(56-41-24-18-12-10-8-6-4-2,80-73(75)78-65-52-37-31-38-53-65)57-42-25-19-13-14-20-26-43-58-71-63-48-33-29-34-49-63/h29-31,33-40,47-54H,3-28,32,41-46,55-61H2,1-2H3/p+1. The topological polar surface area (TPSA) is 47.6 Å². The summed E-state index contributed by atoms with van der Waals surface area (Å²) in [5.74, 6) is 2.88. The Morgan fingerprint density at radius 1 is 0.512 bits per heavy atom. The minimum atomic E-state index is -1.94. The normalized spacial score (nSPS) is 13.2. The number of ether oxygens (including phenoxy) is 2. The fourth-order valence-corrected chi connectivity index (χ4v) is 28.6. The largest absolute Gasteiger partial charge is 0.494 e. The van der Waals surface area contributed by atoms with Crippen LogP contribution < -0.4 is 14.8 Å². The van der Waals surface area contributed by atoms with E-state index in [0.717, 1.165) is 88.0 Å². The highest BCUT2D eigenvalue weighted by molar-refractivity contribution is 9.00. The van der Waals surface area contributed by atoms with Crippen molar-refractivity contribution in [2.45, 2.75) is 260 Å². The van der Waals surface area contributed by atoms with Crippen LogP contribution in [0.4, 0.5) is 0 Å². The Bertz CT molecular complexity index is 2170. The molecular formula is C68H106NO3P2S6+. The SMILES string of the molecule is CCCCCCCCCCc1ccccc1SP(=S)(CCCCCCCCCCOc1ccccc1)SCCC(=O)NC(CCCCCCCCCC)(CCCCCCCCCCOc1ccccc1)S[P+](=S)Sc1ccccc1. The van der Waals surface area contributed by atoms with Crippen molar-refractivity contribution in [3.05, 3.63) is 121 Å². The lowest BCUT2D eigenvalue weighted by atomic mass is 9.98. The second kappa shape index (κ2) is 47.7. The predicted molar refractivity (Wildman–Crippen MR) is 369 cm³/mol. The molecular weight excluding hydrogens is 1130 g/mol. The van der Waals surface area contributed by atoms with Crippen LogP contribution in [0.15, 0.2) is 125 Å². The molecule has 0 aliphatic heterocycles. The summed E-state index contributed by atoms with van der Waals surface area (Å²) in [7, 11) is 0. The van der Waals surface area contributed by atoms with E-state index in [1.807, 2.05) is 106 Å². The molecule has 4 rings (SSSR count). The number of aryl methyl sites for hydroxylation is 1. The molecule has 4 nitrogen and oxygen atoms in total. The van der Waals surface area contributed by atoms with Gasteiger partial charge in [-0.1, -0.05) is 290 Å². The minimum absolute atomic E-state index is 0.178. The Hall–Kier alpha value is -1.48. The third-order valence-corrected chi connectivity index (χ3v) is 32.4. The van der Waals surface area contributed by atoms with Gasteiger partial charge < -0.3 is 14.8 Å². The first-order chi connectivity index (χ1) is 39.3. The fraction of sp³-hybridized carbons (Fsp3) is 0.632. The summed E-state index contributed by atoms with van der Waals surface area (Å²) in [6.07, 6.45) is 45.0. The first-order valence-corrected chi connectivity index (χ1v) is 43.1. The Morgan fingerprint density at radius 3 is 1.43 bits per heavy atom. The van der Waals surface area contributed by atoms with Crippen LogP contribution in [0, 0.1) is 0 Å². The number of carbonyl (C=O) groups excluding carboxylic acids is 1. The molecule has 3 unspecified atom stereocenters. The number of carbonyl (C=O) groups is 1. The van der Waals surface area contributed by atoms with Crippen molar-refractivity contribution in [1.29, 1.82) is 0 Å². The Morgan fingerprint density at radius 2 is 0.925 bits per heavy atom. The molecule has 4 aromatic rings. The van der Waals surface area contributed by atoms with Crippen molar-refractivity contribution < 1.29 is 14.3 Å². The van der Waals surface area contributed by atoms with E-state index in [4.69, 9.17) is 33.1 Å². The van der Waals surface area contributed by atoms with E-state index >= 15 is 0 Å². The monoisotopic (exact) mass is 1240 g/mol. The molecule has 0 aromatic heterocycles. The highest BCUT2D eigenvalue weighted by Gasteiger charge is 2.40. The van der Waals surface area contributed by atoms with Crippen molar-refractivity contribution >= 4 is 84.6 Å². The maximum atomic E-state index is 14.6. The van der Waals surface area contributed by atoms with Crippen LogP contribution in [0.5, 0.6) is 11.5 Å². The van der Waals surface area contributed by atoms with E-state index in [0.29, 0.717) is 6.42 Å². The number of hydrogen-bond acceptors (Lipinski definition) is 9. The molecule has 0 saturated heterocycles. The smallest absolute Gasteiger partial charge is 0.324 e. The van der Waals surface area contributed by atoms with Gasteiger partial charge in [-0.3, -0.25) is 4.79 Å². The van der Waals surface area contributed by atoms with Crippen LogP contribution in [0.25, 0.3) is 0 Å². The van der Waals surface area contributed by atoms with Gasteiger partial charge in [-0.25, -0.2) is 0 Å². The zero-order valence-electron chi connectivity index (χ0n) is 49.8. The third-order valence-electron chi connectivity index (χ3n) is 14.9. The minimum Gasteiger partial charge on any atom is -0.494 e. The Balaban J connectivity index is 1.37. The van der Waals surface area contributed by atoms with Gasteiger partial charge in [0.15, 0.2) is 11.8 Å². The molecule has 80 heavy (non-hydrogen) atoms. The molecule has 3 atom stereocenters. The fourth-order valence-electron chi connectivity index (χ4n) is 10.2. The summed E-state index contributed by atoms with van der Waals surface area (Å²) in [6, 6.07) is 40.2. The Labute approximate surface area is 517 Å². The van der Waals surface area contributed by atoms with Crippen molar-refractivity contribution in [2.75, 3.05) is 25.1 Å². The van der Waals surface area contributed by atoms with Crippen LogP contribution in [0.2, 0.25) is 0 Å². The average molecular weight is 1240 g/mol. The van der Waals surface area contributed by atoms with Crippen LogP contribution in [0.3, 0.4) is 0 Å². The van der Waals surface area contributed by atoms with Gasteiger partial charge in [0.25, 0.3) is 0 Å². The zero-order chi connectivity index (χ0) is 56.7. The number of benzene rings is 4. The molecule has 1 N–H and O–H groups in total. The molecule has 0 spiro atoms. The van der Waals surface area contributed by atoms with E-state index < -0.39 is 9.54 Å². The highest BCUT2D eigenvalue weighted by atomic mass is 33.2. The van der Waals surface area contributed by atoms with Gasteiger partial charge in [-0.05, 0) is 99.1 Å². The van der Waals surface area contributed by atoms with Crippen molar-refractivity contribution in [2.24, 2.45) is 0 Å². The van der Waals surface area contributed by atoms with Gasteiger partial charge >= 0.3 is 5.10 Å². The van der Waals surface area contributed by atoms with Crippen LogP contribution >= 0.6 is 55.1 Å². The molecule has 0 fully saturated rings. The van der Waals surface area contributed by atoms with E-state index in [-0.39, 0.29) is 10.8 Å². The quantitative estimate of drug-likeness (QED) is 0.0265. The van der Waals surface area contributed by atoms with Gasteiger partial charge in [0, 0.05) is 17.1 Å². The zero-order valence-corrected chi connectivity index (χ0v) is 56.5. The van der Waals surface area contributed by atoms with E-state index in [9.17, 15) is 4.79 Å². The van der Waals surface area contributed by atoms with E-state index in [1.54, 1.807) is 0 Å². The summed E-state index contributed by atoms with van der Waals surface area (Å²) in [5.41, 5.74) is 1.46. The second-order valence-corrected chi connectivity index (χ2v) is 42.6. The summed E-state index contributed by atoms with van der Waals surface area (Å²) in [4.78, 5) is 16.9. The van der Waals surface area contributed by atoms with Gasteiger partial charge in [0.2, 0.25) is 5.91 Å². The van der Waals surface area contributed by atoms with Gasteiger partial charge in [0.05, 0.1) is 22.6 Å². The van der Waals surface area contributed by atoms with Crippen LogP contribution in [-0.4, -0.2) is 35.9 Å². The number of rotatable bonds is 53. The van der Waals surface area contributed by atoms with E-state index in [2.05, 4.69) is 73.8 Å². The van der Waals surface area contributed by atoms with Crippen molar-refractivity contribution in [3.8, 4) is 11.5 Å². The van der Waals surface area contributed by atoms with Gasteiger partial charge in [-0.2, -0.15) is 0 Å². The molecule has 0 saturated carbocycles. The summed E-state index contributed by atoms with van der Waals surface area (Å²) < 4.78 is 9.92.